The minimum atomic E-state index is -0.621. The third kappa shape index (κ3) is 2.94. The lowest BCUT2D eigenvalue weighted by Gasteiger charge is -2.31. The van der Waals surface area contributed by atoms with E-state index in [0.29, 0.717) is 29.4 Å². The molecule has 2 atom stereocenters. The summed E-state index contributed by atoms with van der Waals surface area (Å²) in [4.78, 5) is 0. The summed E-state index contributed by atoms with van der Waals surface area (Å²) in [5, 5.41) is 13.0. The summed E-state index contributed by atoms with van der Waals surface area (Å²) in [5.41, 5.74) is 1.71. The average Bonchev–Trinajstić information content (AvgIpc) is 2.71. The van der Waals surface area contributed by atoms with Gasteiger partial charge in [0.25, 0.3) is 0 Å². The van der Waals surface area contributed by atoms with Gasteiger partial charge in [-0.1, -0.05) is 30.3 Å². The topological polar surface area (TPSA) is 57.2 Å². The van der Waals surface area contributed by atoms with Crippen molar-refractivity contribution < 1.29 is 24.1 Å². The van der Waals surface area contributed by atoms with Crippen molar-refractivity contribution in [1.29, 1.82) is 0 Å². The fourth-order valence-electron chi connectivity index (χ4n) is 3.74. The van der Waals surface area contributed by atoms with Crippen molar-refractivity contribution in [3.63, 3.8) is 0 Å². The van der Waals surface area contributed by atoms with Crippen LogP contribution in [0.1, 0.15) is 29.8 Å². The summed E-state index contributed by atoms with van der Waals surface area (Å²) in [6.45, 7) is 0. The predicted octanol–water partition coefficient (Wildman–Crippen LogP) is 4.42. The number of benzene rings is 3. The molecular weight excluding hydrogens is 344 g/mol. The molecule has 3 aromatic rings. The normalized spacial score (nSPS) is 18.5. The molecule has 5 nitrogen and oxygen atoms in total. The van der Waals surface area contributed by atoms with Gasteiger partial charge in [-0.3, -0.25) is 0 Å². The van der Waals surface area contributed by atoms with Crippen LogP contribution in [0.15, 0.2) is 48.5 Å². The number of hydrogen-bond acceptors (Lipinski definition) is 5. The molecular formula is C22H22O5. The molecule has 0 amide bonds. The van der Waals surface area contributed by atoms with Gasteiger partial charge in [0.15, 0.2) is 11.5 Å². The summed E-state index contributed by atoms with van der Waals surface area (Å²) < 4.78 is 22.5. The van der Waals surface area contributed by atoms with Gasteiger partial charge in [-0.15, -0.1) is 0 Å². The van der Waals surface area contributed by atoms with Gasteiger partial charge in [0, 0.05) is 17.5 Å². The van der Waals surface area contributed by atoms with Crippen molar-refractivity contribution in [2.75, 3.05) is 21.3 Å². The van der Waals surface area contributed by atoms with E-state index < -0.39 is 6.10 Å². The van der Waals surface area contributed by atoms with Crippen LogP contribution in [0.2, 0.25) is 0 Å². The smallest absolute Gasteiger partial charge is 0.203 e. The second-order valence-electron chi connectivity index (χ2n) is 6.52. The Kier molecular flexibility index (Phi) is 4.54. The van der Waals surface area contributed by atoms with Crippen molar-refractivity contribution in [3.8, 4) is 23.0 Å². The molecule has 27 heavy (non-hydrogen) atoms. The highest BCUT2D eigenvalue weighted by molar-refractivity contribution is 5.88. The zero-order chi connectivity index (χ0) is 19.0. The van der Waals surface area contributed by atoms with Crippen molar-refractivity contribution in [3.05, 3.63) is 59.7 Å². The Morgan fingerprint density at radius 2 is 1.63 bits per heavy atom. The van der Waals surface area contributed by atoms with Gasteiger partial charge in [-0.2, -0.15) is 0 Å². The molecule has 1 N–H and O–H groups in total. The van der Waals surface area contributed by atoms with Crippen LogP contribution in [0.3, 0.4) is 0 Å². The van der Waals surface area contributed by atoms with Gasteiger partial charge in [0.1, 0.15) is 11.9 Å². The summed E-state index contributed by atoms with van der Waals surface area (Å²) in [5.74, 6) is 2.36. The quantitative estimate of drug-likeness (QED) is 0.741. The standard InChI is InChI=1S/C22H22O5/c1-24-19-10-14(11-20(25-2)22(19)26-3)18-12-16(23)21-15-7-5-4-6-13(15)8-9-17(21)27-18/h4-11,16,18,23H,12H2,1-3H3. The van der Waals surface area contributed by atoms with Crippen LogP contribution in [0, 0.1) is 0 Å². The second kappa shape index (κ2) is 7.00. The van der Waals surface area contributed by atoms with Crippen molar-refractivity contribution in [2.24, 2.45) is 0 Å². The molecule has 0 saturated heterocycles. The minimum absolute atomic E-state index is 0.317. The Hall–Kier alpha value is -2.92. The highest BCUT2D eigenvalue weighted by atomic mass is 16.5. The van der Waals surface area contributed by atoms with Crippen LogP contribution in [-0.4, -0.2) is 26.4 Å². The average molecular weight is 366 g/mol. The first-order valence-electron chi connectivity index (χ1n) is 8.82. The largest absolute Gasteiger partial charge is 0.493 e. The first-order valence-corrected chi connectivity index (χ1v) is 8.82. The predicted molar refractivity (Wildman–Crippen MR) is 103 cm³/mol. The molecule has 4 rings (SSSR count). The first-order chi connectivity index (χ1) is 13.2. The van der Waals surface area contributed by atoms with Crippen LogP contribution in [0.5, 0.6) is 23.0 Å². The van der Waals surface area contributed by atoms with Crippen LogP contribution < -0.4 is 18.9 Å². The number of fused-ring (bicyclic) bond motifs is 3. The third-order valence-electron chi connectivity index (χ3n) is 5.03. The lowest BCUT2D eigenvalue weighted by Crippen LogP contribution is -2.19. The number of aliphatic hydroxyl groups excluding tert-OH is 1. The summed E-state index contributed by atoms with van der Waals surface area (Å²) in [6, 6.07) is 15.7. The van der Waals surface area contributed by atoms with E-state index in [1.54, 1.807) is 21.3 Å². The van der Waals surface area contributed by atoms with Crippen LogP contribution in [0.4, 0.5) is 0 Å². The Morgan fingerprint density at radius 1 is 0.926 bits per heavy atom. The monoisotopic (exact) mass is 366 g/mol. The van der Waals surface area contributed by atoms with Gasteiger partial charge < -0.3 is 24.1 Å². The molecule has 2 unspecified atom stereocenters. The fourth-order valence-corrected chi connectivity index (χ4v) is 3.74. The van der Waals surface area contributed by atoms with E-state index in [9.17, 15) is 5.11 Å². The highest BCUT2D eigenvalue weighted by Gasteiger charge is 2.31. The molecule has 1 aliphatic heterocycles. The number of ether oxygens (including phenoxy) is 4. The number of aliphatic hydroxyl groups is 1. The molecule has 0 aliphatic carbocycles. The number of hydrogen-bond donors (Lipinski definition) is 1. The Labute approximate surface area is 158 Å². The van der Waals surface area contributed by atoms with E-state index in [1.807, 2.05) is 48.5 Å². The molecule has 1 aliphatic rings. The van der Waals surface area contributed by atoms with E-state index in [2.05, 4.69) is 0 Å². The molecule has 0 spiro atoms. The van der Waals surface area contributed by atoms with Gasteiger partial charge in [0.2, 0.25) is 5.75 Å². The Bertz CT molecular complexity index is 957. The Morgan fingerprint density at radius 3 is 2.30 bits per heavy atom. The fraction of sp³-hybridized carbons (Fsp3) is 0.273. The molecule has 1 heterocycles. The first kappa shape index (κ1) is 17.5. The van der Waals surface area contributed by atoms with Crippen LogP contribution >= 0.6 is 0 Å². The van der Waals surface area contributed by atoms with E-state index in [4.69, 9.17) is 18.9 Å². The maximum atomic E-state index is 10.9. The zero-order valence-electron chi connectivity index (χ0n) is 15.6. The maximum absolute atomic E-state index is 10.9. The van der Waals surface area contributed by atoms with Gasteiger partial charge in [-0.05, 0) is 29.0 Å². The van der Waals surface area contributed by atoms with Gasteiger partial charge >= 0.3 is 0 Å². The third-order valence-corrected chi connectivity index (χ3v) is 5.03. The number of rotatable bonds is 4. The van der Waals surface area contributed by atoms with E-state index in [0.717, 1.165) is 21.9 Å². The van der Waals surface area contributed by atoms with Crippen LogP contribution in [0.25, 0.3) is 10.8 Å². The molecule has 3 aromatic carbocycles. The number of methoxy groups -OCH3 is 3. The molecule has 0 bridgehead atoms. The summed E-state index contributed by atoms with van der Waals surface area (Å²) in [6.07, 6.45) is -0.495. The second-order valence-corrected chi connectivity index (χ2v) is 6.52. The molecule has 5 heteroatoms. The van der Waals surface area contributed by atoms with Crippen LogP contribution in [-0.2, 0) is 0 Å². The van der Waals surface area contributed by atoms with Crippen molar-refractivity contribution in [2.45, 2.75) is 18.6 Å². The highest BCUT2D eigenvalue weighted by Crippen LogP contribution is 2.47. The summed E-state index contributed by atoms with van der Waals surface area (Å²) >= 11 is 0. The SMILES string of the molecule is COc1cc(C2CC(O)c3c(ccc4ccccc34)O2)cc(OC)c1OC. The molecule has 140 valence electrons. The lowest BCUT2D eigenvalue weighted by atomic mass is 9.91. The zero-order valence-corrected chi connectivity index (χ0v) is 15.6. The molecule has 0 fully saturated rings. The van der Waals surface area contributed by atoms with Crippen molar-refractivity contribution in [1.82, 2.24) is 0 Å². The van der Waals surface area contributed by atoms with Crippen molar-refractivity contribution >= 4 is 10.8 Å². The summed E-state index contributed by atoms with van der Waals surface area (Å²) in [7, 11) is 4.74. The van der Waals surface area contributed by atoms with E-state index >= 15 is 0 Å². The minimum Gasteiger partial charge on any atom is -0.493 e. The molecule has 0 aromatic heterocycles. The Balaban J connectivity index is 1.77. The maximum Gasteiger partial charge on any atom is 0.203 e. The van der Waals surface area contributed by atoms with E-state index in [-0.39, 0.29) is 6.10 Å². The van der Waals surface area contributed by atoms with Gasteiger partial charge in [0.05, 0.1) is 27.4 Å². The van der Waals surface area contributed by atoms with Gasteiger partial charge in [-0.25, -0.2) is 0 Å². The van der Waals surface area contributed by atoms with E-state index in [1.165, 1.54) is 0 Å². The lowest BCUT2D eigenvalue weighted by molar-refractivity contribution is 0.0669. The molecule has 0 saturated carbocycles. The molecule has 0 radical (unpaired) electrons.